The molecule has 0 fully saturated rings. The normalized spacial score (nSPS) is 10.2. The Labute approximate surface area is 150 Å². The number of rotatable bonds is 6. The number of nitrogens with one attached hydrogen (secondary N) is 1. The van der Waals surface area contributed by atoms with Crippen molar-refractivity contribution in [2.45, 2.75) is 19.4 Å². The van der Waals surface area contributed by atoms with Crippen LogP contribution in [0, 0.1) is 11.3 Å². The maximum absolute atomic E-state index is 12.0. The number of carbonyl (C=O) groups excluding carboxylic acids is 1. The Bertz CT molecular complexity index is 880. The molecule has 4 nitrogen and oxygen atoms in total. The van der Waals surface area contributed by atoms with Gasteiger partial charge in [0, 0.05) is 19.2 Å². The molecule has 0 atom stereocenters. The van der Waals surface area contributed by atoms with Gasteiger partial charge in [-0.15, -0.1) is 11.3 Å². The van der Waals surface area contributed by atoms with Crippen LogP contribution in [0.1, 0.15) is 23.1 Å². The van der Waals surface area contributed by atoms with Gasteiger partial charge in [-0.05, 0) is 53.3 Å². The molecule has 2 aromatic heterocycles. The molecule has 3 rings (SSSR count). The standard InChI is InChI=1S/C20H17N3OS/c21-13-16-5-3-15(4-6-16)7-8-20(24)23-14-17-9-10-22-18(12-17)19-2-1-11-25-19/h1-6,9-12H,7-8,14H2,(H,23,24). The number of aromatic nitrogens is 1. The number of pyridine rings is 1. The first-order valence-electron chi connectivity index (χ1n) is 7.99. The summed E-state index contributed by atoms with van der Waals surface area (Å²) in [5, 5.41) is 13.8. The number of nitriles is 1. The summed E-state index contributed by atoms with van der Waals surface area (Å²) < 4.78 is 0. The highest BCUT2D eigenvalue weighted by Crippen LogP contribution is 2.22. The minimum Gasteiger partial charge on any atom is -0.352 e. The quantitative estimate of drug-likeness (QED) is 0.735. The van der Waals surface area contributed by atoms with Gasteiger partial charge in [0.25, 0.3) is 0 Å². The van der Waals surface area contributed by atoms with E-state index >= 15 is 0 Å². The Morgan fingerprint density at radius 3 is 2.72 bits per heavy atom. The number of thiophene rings is 1. The van der Waals surface area contributed by atoms with E-state index in [2.05, 4.69) is 16.4 Å². The summed E-state index contributed by atoms with van der Waals surface area (Å²) in [6.45, 7) is 0.493. The van der Waals surface area contributed by atoms with Crippen molar-refractivity contribution in [3.8, 4) is 16.6 Å². The average Bonchev–Trinajstić information content (AvgIpc) is 3.20. The second kappa shape index (κ2) is 8.22. The Morgan fingerprint density at radius 2 is 2.00 bits per heavy atom. The molecular weight excluding hydrogens is 330 g/mol. The van der Waals surface area contributed by atoms with E-state index in [0.29, 0.717) is 24.9 Å². The first-order chi connectivity index (χ1) is 12.2. The third-order valence-corrected chi connectivity index (χ3v) is 4.70. The topological polar surface area (TPSA) is 65.8 Å². The van der Waals surface area contributed by atoms with E-state index in [4.69, 9.17) is 5.26 Å². The molecule has 0 spiro atoms. The second-order valence-corrected chi connectivity index (χ2v) is 6.56. The van der Waals surface area contributed by atoms with E-state index in [9.17, 15) is 4.79 Å². The van der Waals surface area contributed by atoms with E-state index in [0.717, 1.165) is 21.7 Å². The van der Waals surface area contributed by atoms with Crippen LogP contribution in [0.25, 0.3) is 10.6 Å². The van der Waals surface area contributed by atoms with Crippen molar-refractivity contribution < 1.29 is 4.79 Å². The van der Waals surface area contributed by atoms with Crippen molar-refractivity contribution >= 4 is 17.2 Å². The van der Waals surface area contributed by atoms with Gasteiger partial charge in [-0.2, -0.15) is 5.26 Å². The van der Waals surface area contributed by atoms with E-state index in [1.165, 1.54) is 0 Å². The fourth-order valence-corrected chi connectivity index (χ4v) is 3.13. The largest absolute Gasteiger partial charge is 0.352 e. The summed E-state index contributed by atoms with van der Waals surface area (Å²) in [7, 11) is 0. The van der Waals surface area contributed by atoms with Crippen LogP contribution in [-0.4, -0.2) is 10.9 Å². The number of amides is 1. The zero-order valence-corrected chi connectivity index (χ0v) is 14.4. The number of carbonyl (C=O) groups is 1. The lowest BCUT2D eigenvalue weighted by Gasteiger charge is -2.07. The van der Waals surface area contributed by atoms with Crippen molar-refractivity contribution in [3.63, 3.8) is 0 Å². The van der Waals surface area contributed by atoms with Gasteiger partial charge in [-0.25, -0.2) is 0 Å². The molecule has 1 amide bonds. The van der Waals surface area contributed by atoms with Crippen LogP contribution < -0.4 is 5.32 Å². The first-order valence-corrected chi connectivity index (χ1v) is 8.87. The third kappa shape index (κ3) is 4.75. The molecular formula is C20H17N3OS. The minimum absolute atomic E-state index is 0.0128. The van der Waals surface area contributed by atoms with Crippen molar-refractivity contribution in [2.75, 3.05) is 0 Å². The van der Waals surface area contributed by atoms with Crippen molar-refractivity contribution in [1.29, 1.82) is 5.26 Å². The van der Waals surface area contributed by atoms with Crippen LogP contribution in [0.3, 0.4) is 0 Å². The highest BCUT2D eigenvalue weighted by molar-refractivity contribution is 7.13. The van der Waals surface area contributed by atoms with Crippen LogP contribution in [0.4, 0.5) is 0 Å². The molecule has 0 saturated heterocycles. The third-order valence-electron chi connectivity index (χ3n) is 3.81. The van der Waals surface area contributed by atoms with E-state index in [1.54, 1.807) is 29.7 Å². The molecule has 0 radical (unpaired) electrons. The summed E-state index contributed by atoms with van der Waals surface area (Å²) in [5.41, 5.74) is 3.65. The Morgan fingerprint density at radius 1 is 1.16 bits per heavy atom. The minimum atomic E-state index is 0.0128. The van der Waals surface area contributed by atoms with Crippen LogP contribution in [0.5, 0.6) is 0 Å². The average molecular weight is 347 g/mol. The molecule has 0 bridgehead atoms. The predicted molar refractivity (Wildman–Crippen MR) is 98.9 cm³/mol. The molecule has 0 saturated carbocycles. The van der Waals surface area contributed by atoms with Crippen molar-refractivity contribution in [1.82, 2.24) is 10.3 Å². The molecule has 0 aliphatic carbocycles. The van der Waals surface area contributed by atoms with Gasteiger partial charge in [0.05, 0.1) is 22.2 Å². The highest BCUT2D eigenvalue weighted by Gasteiger charge is 2.05. The smallest absolute Gasteiger partial charge is 0.220 e. The first kappa shape index (κ1) is 16.9. The fraction of sp³-hybridized carbons (Fsp3) is 0.150. The molecule has 1 aromatic carbocycles. The van der Waals surface area contributed by atoms with Crippen molar-refractivity contribution in [3.05, 3.63) is 76.8 Å². The van der Waals surface area contributed by atoms with Gasteiger partial charge in [0.2, 0.25) is 5.91 Å². The Balaban J connectivity index is 1.50. The molecule has 0 aliphatic heterocycles. The molecule has 0 aliphatic rings. The Hall–Kier alpha value is -2.97. The van der Waals surface area contributed by atoms with E-state index < -0.39 is 0 Å². The number of hydrogen-bond acceptors (Lipinski definition) is 4. The molecule has 5 heteroatoms. The Kier molecular flexibility index (Phi) is 5.55. The zero-order chi connectivity index (χ0) is 17.5. The SMILES string of the molecule is N#Cc1ccc(CCC(=O)NCc2ccnc(-c3cccs3)c2)cc1. The van der Waals surface area contributed by atoms with Gasteiger partial charge in [0.15, 0.2) is 0 Å². The maximum atomic E-state index is 12.0. The van der Waals surface area contributed by atoms with Crippen LogP contribution in [-0.2, 0) is 17.8 Å². The highest BCUT2D eigenvalue weighted by atomic mass is 32.1. The van der Waals surface area contributed by atoms with Crippen LogP contribution in [0.15, 0.2) is 60.1 Å². The molecule has 25 heavy (non-hydrogen) atoms. The van der Waals surface area contributed by atoms with E-state index in [1.807, 2.05) is 41.8 Å². The summed E-state index contributed by atoms with van der Waals surface area (Å²) >= 11 is 1.65. The summed E-state index contributed by atoms with van der Waals surface area (Å²) in [4.78, 5) is 17.5. The monoisotopic (exact) mass is 347 g/mol. The number of hydrogen-bond donors (Lipinski definition) is 1. The lowest BCUT2D eigenvalue weighted by Crippen LogP contribution is -2.23. The van der Waals surface area contributed by atoms with Crippen molar-refractivity contribution in [2.24, 2.45) is 0 Å². The summed E-state index contributed by atoms with van der Waals surface area (Å²) in [5.74, 6) is 0.0128. The fourth-order valence-electron chi connectivity index (χ4n) is 2.44. The number of nitrogens with zero attached hydrogens (tertiary/aromatic N) is 2. The van der Waals surface area contributed by atoms with Gasteiger partial charge in [-0.1, -0.05) is 18.2 Å². The van der Waals surface area contributed by atoms with Gasteiger partial charge < -0.3 is 5.32 Å². The van der Waals surface area contributed by atoms with E-state index in [-0.39, 0.29) is 5.91 Å². The van der Waals surface area contributed by atoms with Gasteiger partial charge in [0.1, 0.15) is 0 Å². The molecule has 1 N–H and O–H groups in total. The van der Waals surface area contributed by atoms with Crippen LogP contribution >= 0.6 is 11.3 Å². The molecule has 124 valence electrons. The maximum Gasteiger partial charge on any atom is 0.220 e. The summed E-state index contributed by atoms with van der Waals surface area (Å²) in [6, 6.07) is 17.4. The lowest BCUT2D eigenvalue weighted by molar-refractivity contribution is -0.121. The number of benzene rings is 1. The molecule has 3 aromatic rings. The molecule has 2 heterocycles. The molecule has 0 unspecified atom stereocenters. The number of aryl methyl sites for hydroxylation is 1. The van der Waals surface area contributed by atoms with Crippen LogP contribution in [0.2, 0.25) is 0 Å². The lowest BCUT2D eigenvalue weighted by atomic mass is 10.1. The van der Waals surface area contributed by atoms with Gasteiger partial charge >= 0.3 is 0 Å². The predicted octanol–water partition coefficient (Wildman–Crippen LogP) is 3.93. The van der Waals surface area contributed by atoms with Gasteiger partial charge in [-0.3, -0.25) is 9.78 Å². The summed E-state index contributed by atoms with van der Waals surface area (Å²) in [6.07, 6.45) is 2.86. The zero-order valence-electron chi connectivity index (χ0n) is 13.6. The second-order valence-electron chi connectivity index (χ2n) is 5.61.